The highest BCUT2D eigenvalue weighted by molar-refractivity contribution is 5.67. The van der Waals surface area contributed by atoms with E-state index in [1.165, 1.54) is 0 Å². The van der Waals surface area contributed by atoms with Crippen LogP contribution in [0.2, 0.25) is 0 Å². The lowest BCUT2D eigenvalue weighted by atomic mass is 10.2. The summed E-state index contributed by atoms with van der Waals surface area (Å²) in [4.78, 5) is 10.2. The minimum Gasteiger partial charge on any atom is -0.480 e. The zero-order valence-corrected chi connectivity index (χ0v) is 13.9. The lowest BCUT2D eigenvalue weighted by Crippen LogP contribution is -2.14. The van der Waals surface area contributed by atoms with E-state index in [2.05, 4.69) is 0 Å². The molecule has 0 saturated carbocycles. The van der Waals surface area contributed by atoms with E-state index >= 15 is 0 Å². The van der Waals surface area contributed by atoms with Gasteiger partial charge in [0.25, 0.3) is 0 Å². The molecule has 0 unspecified atom stereocenters. The highest BCUT2D eigenvalue weighted by Crippen LogP contribution is 1.99. The maximum Gasteiger partial charge on any atom is 0.329 e. The third kappa shape index (κ3) is 13.0. The first-order chi connectivity index (χ1) is 11.8. The number of hydrogen-bond acceptors (Lipinski definition) is 6. The number of benzene rings is 1. The van der Waals surface area contributed by atoms with Crippen LogP contribution in [0, 0.1) is 0 Å². The van der Waals surface area contributed by atoms with Crippen LogP contribution in [0.1, 0.15) is 5.56 Å². The van der Waals surface area contributed by atoms with Gasteiger partial charge in [-0.3, -0.25) is 0 Å². The van der Waals surface area contributed by atoms with E-state index in [0.29, 0.717) is 52.9 Å². The Bertz CT molecular complexity index is 411. The SMILES string of the molecule is O=C(O)COCCOCCOCCOCCOCc1ccccc1. The Hall–Kier alpha value is -1.51. The van der Waals surface area contributed by atoms with Gasteiger partial charge in [-0.2, -0.15) is 0 Å². The smallest absolute Gasteiger partial charge is 0.329 e. The largest absolute Gasteiger partial charge is 0.480 e. The average molecular weight is 342 g/mol. The third-order valence-corrected chi connectivity index (χ3v) is 2.83. The van der Waals surface area contributed by atoms with Crippen molar-refractivity contribution in [1.82, 2.24) is 0 Å². The molecule has 0 aromatic heterocycles. The van der Waals surface area contributed by atoms with Crippen LogP contribution in [0.15, 0.2) is 30.3 Å². The van der Waals surface area contributed by atoms with Gasteiger partial charge in [0.2, 0.25) is 0 Å². The van der Waals surface area contributed by atoms with Crippen LogP contribution in [-0.4, -0.2) is 70.5 Å². The molecule has 136 valence electrons. The minimum atomic E-state index is -0.983. The minimum absolute atomic E-state index is 0.262. The molecular weight excluding hydrogens is 316 g/mol. The molecule has 1 aromatic rings. The fourth-order valence-electron chi connectivity index (χ4n) is 1.70. The van der Waals surface area contributed by atoms with Crippen molar-refractivity contribution < 1.29 is 33.6 Å². The van der Waals surface area contributed by atoms with Gasteiger partial charge in [0, 0.05) is 0 Å². The van der Waals surface area contributed by atoms with Crippen molar-refractivity contribution in [3.8, 4) is 0 Å². The summed E-state index contributed by atoms with van der Waals surface area (Å²) in [6.45, 7) is 3.91. The van der Waals surface area contributed by atoms with Crippen LogP contribution >= 0.6 is 0 Å². The van der Waals surface area contributed by atoms with Crippen LogP contribution in [0.3, 0.4) is 0 Å². The van der Waals surface area contributed by atoms with Crippen LogP contribution in [-0.2, 0) is 35.1 Å². The number of carbonyl (C=O) groups is 1. The van der Waals surface area contributed by atoms with Crippen molar-refractivity contribution in [1.29, 1.82) is 0 Å². The van der Waals surface area contributed by atoms with E-state index < -0.39 is 5.97 Å². The first-order valence-electron chi connectivity index (χ1n) is 7.93. The van der Waals surface area contributed by atoms with Crippen molar-refractivity contribution in [2.24, 2.45) is 0 Å². The molecule has 1 rings (SSSR count). The zero-order valence-electron chi connectivity index (χ0n) is 13.9. The summed E-state index contributed by atoms with van der Waals surface area (Å²) in [6, 6.07) is 9.99. The second kappa shape index (κ2) is 15.0. The van der Waals surface area contributed by atoms with Gasteiger partial charge < -0.3 is 28.8 Å². The summed E-state index contributed by atoms with van der Waals surface area (Å²) in [5.41, 5.74) is 1.15. The monoisotopic (exact) mass is 342 g/mol. The molecule has 24 heavy (non-hydrogen) atoms. The maximum absolute atomic E-state index is 10.2. The normalized spacial score (nSPS) is 10.8. The summed E-state index contributed by atoms with van der Waals surface area (Å²) in [7, 11) is 0. The second-order valence-corrected chi connectivity index (χ2v) is 4.82. The Morgan fingerprint density at radius 3 is 1.67 bits per heavy atom. The number of ether oxygens (including phenoxy) is 5. The van der Waals surface area contributed by atoms with Gasteiger partial charge in [0.15, 0.2) is 0 Å². The summed E-state index contributed by atoms with van der Waals surface area (Å²) in [6.07, 6.45) is 0. The van der Waals surface area contributed by atoms with Crippen LogP contribution < -0.4 is 0 Å². The van der Waals surface area contributed by atoms with Crippen molar-refractivity contribution in [3.63, 3.8) is 0 Å². The molecule has 0 atom stereocenters. The van der Waals surface area contributed by atoms with Gasteiger partial charge in [-0.15, -0.1) is 0 Å². The van der Waals surface area contributed by atoms with Gasteiger partial charge in [0.1, 0.15) is 6.61 Å². The second-order valence-electron chi connectivity index (χ2n) is 4.82. The van der Waals surface area contributed by atoms with E-state index in [-0.39, 0.29) is 13.2 Å². The summed E-state index contributed by atoms with van der Waals surface area (Å²) < 4.78 is 26.2. The van der Waals surface area contributed by atoms with E-state index in [0.717, 1.165) is 5.56 Å². The van der Waals surface area contributed by atoms with E-state index in [9.17, 15) is 4.79 Å². The predicted octanol–water partition coefficient (Wildman–Crippen LogP) is 1.35. The molecule has 0 spiro atoms. The van der Waals surface area contributed by atoms with Gasteiger partial charge in [-0.1, -0.05) is 30.3 Å². The highest BCUT2D eigenvalue weighted by atomic mass is 16.6. The molecule has 7 nitrogen and oxygen atoms in total. The molecule has 0 amide bonds. The number of aliphatic carboxylic acids is 1. The molecule has 0 bridgehead atoms. The van der Waals surface area contributed by atoms with Gasteiger partial charge in [0.05, 0.1) is 59.5 Å². The summed E-state index contributed by atoms with van der Waals surface area (Å²) in [5, 5.41) is 8.35. The van der Waals surface area contributed by atoms with E-state index in [1.807, 2.05) is 30.3 Å². The zero-order chi connectivity index (χ0) is 17.3. The fourth-order valence-corrected chi connectivity index (χ4v) is 1.70. The molecule has 0 radical (unpaired) electrons. The van der Waals surface area contributed by atoms with Crippen molar-refractivity contribution in [3.05, 3.63) is 35.9 Å². The van der Waals surface area contributed by atoms with Gasteiger partial charge in [-0.05, 0) is 5.56 Å². The van der Waals surface area contributed by atoms with Crippen LogP contribution in [0.25, 0.3) is 0 Å². The number of carboxylic acid groups (broad SMARTS) is 1. The quantitative estimate of drug-likeness (QED) is 0.454. The molecule has 0 aliphatic heterocycles. The lowest BCUT2D eigenvalue weighted by Gasteiger charge is -2.07. The summed E-state index contributed by atoms with van der Waals surface area (Å²) in [5.74, 6) is -0.983. The Kier molecular flexibility index (Phi) is 12.9. The molecule has 1 aromatic carbocycles. The van der Waals surface area contributed by atoms with Gasteiger partial charge in [-0.25, -0.2) is 4.79 Å². The third-order valence-electron chi connectivity index (χ3n) is 2.83. The highest BCUT2D eigenvalue weighted by Gasteiger charge is 1.96. The van der Waals surface area contributed by atoms with Crippen LogP contribution in [0.5, 0.6) is 0 Å². The van der Waals surface area contributed by atoms with Crippen LogP contribution in [0.4, 0.5) is 0 Å². The standard InChI is InChI=1S/C17H26O7/c18-17(19)15-24-13-11-22-9-7-20-6-8-21-10-12-23-14-16-4-2-1-3-5-16/h1-5H,6-15H2,(H,18,19). The average Bonchev–Trinajstić information content (AvgIpc) is 2.59. The van der Waals surface area contributed by atoms with E-state index in [4.69, 9.17) is 28.8 Å². The Labute approximate surface area is 142 Å². The molecule has 0 saturated heterocycles. The fraction of sp³-hybridized carbons (Fsp3) is 0.588. The Balaban J connectivity index is 1.72. The predicted molar refractivity (Wildman–Crippen MR) is 87.0 cm³/mol. The Morgan fingerprint density at radius 2 is 1.17 bits per heavy atom. The molecule has 0 heterocycles. The molecule has 0 fully saturated rings. The Morgan fingerprint density at radius 1 is 0.708 bits per heavy atom. The van der Waals surface area contributed by atoms with Crippen molar-refractivity contribution in [2.75, 3.05) is 59.5 Å². The van der Waals surface area contributed by atoms with Gasteiger partial charge >= 0.3 is 5.97 Å². The lowest BCUT2D eigenvalue weighted by molar-refractivity contribution is -0.142. The number of hydrogen-bond donors (Lipinski definition) is 1. The molecule has 7 heteroatoms. The maximum atomic E-state index is 10.2. The number of rotatable bonds is 16. The first-order valence-corrected chi connectivity index (χ1v) is 7.93. The molecular formula is C17H26O7. The number of carboxylic acids is 1. The van der Waals surface area contributed by atoms with Crippen molar-refractivity contribution >= 4 is 5.97 Å². The summed E-state index contributed by atoms with van der Waals surface area (Å²) >= 11 is 0. The topological polar surface area (TPSA) is 83.5 Å². The van der Waals surface area contributed by atoms with Crippen molar-refractivity contribution in [2.45, 2.75) is 6.61 Å². The molecule has 0 aliphatic rings. The molecule has 1 N–H and O–H groups in total. The first kappa shape index (κ1) is 20.5. The molecule has 0 aliphatic carbocycles. The van der Waals surface area contributed by atoms with E-state index in [1.54, 1.807) is 0 Å².